The normalized spacial score (nSPS) is 11.3. The summed E-state index contributed by atoms with van der Waals surface area (Å²) in [6.07, 6.45) is 0. The molecule has 0 aromatic heterocycles. The molecule has 0 aliphatic heterocycles. The third-order valence-corrected chi connectivity index (χ3v) is 4.36. The Bertz CT molecular complexity index is 886. The third-order valence-electron chi connectivity index (χ3n) is 3.45. The Morgan fingerprint density at radius 2 is 1.18 bits per heavy atom. The first-order valence-corrected chi connectivity index (χ1v) is 8.22. The Morgan fingerprint density at radius 3 is 1.73 bits per heavy atom. The van der Waals surface area contributed by atoms with E-state index < -0.39 is 10.1 Å². The summed E-state index contributed by atoms with van der Waals surface area (Å²) in [6, 6.07) is 23.8. The molecule has 3 aromatic rings. The van der Waals surface area contributed by atoms with E-state index in [2.05, 4.69) is 0 Å². The predicted octanol–water partition coefficient (Wildman–Crippen LogP) is 4.27. The minimum atomic E-state index is -4.28. The molecular weight excluding hydrogens is 296 g/mol. The van der Waals surface area contributed by atoms with Gasteiger partial charge in [0, 0.05) is 5.56 Å². The summed E-state index contributed by atoms with van der Waals surface area (Å²) in [5, 5.41) is 0. The summed E-state index contributed by atoms with van der Waals surface area (Å²) in [5.41, 5.74) is 3.12. The summed E-state index contributed by atoms with van der Waals surface area (Å²) < 4.78 is 32.7. The molecule has 3 aromatic carbocycles. The zero-order chi connectivity index (χ0) is 15.6. The maximum atomic E-state index is 11.6. The Kier molecular flexibility index (Phi) is 3.79. The van der Waals surface area contributed by atoms with E-state index in [4.69, 9.17) is 0 Å². The molecule has 0 spiro atoms. The van der Waals surface area contributed by atoms with E-state index >= 15 is 0 Å². The van der Waals surface area contributed by atoms with Gasteiger partial charge in [-0.2, -0.15) is 8.42 Å². The van der Waals surface area contributed by atoms with Gasteiger partial charge in [-0.15, -0.1) is 0 Å². The van der Waals surface area contributed by atoms with Gasteiger partial charge in [0.05, 0.1) is 0 Å². The van der Waals surface area contributed by atoms with E-state index in [9.17, 15) is 13.0 Å². The van der Waals surface area contributed by atoms with Crippen LogP contribution in [-0.2, 0) is 10.1 Å². The van der Waals surface area contributed by atoms with Gasteiger partial charge in [0.25, 0.3) is 10.1 Å². The number of hydrogen-bond acceptors (Lipinski definition) is 2. The molecule has 0 unspecified atom stereocenters. The van der Waals surface area contributed by atoms with Crippen molar-refractivity contribution in [1.29, 1.82) is 0 Å². The van der Waals surface area contributed by atoms with Crippen molar-refractivity contribution in [3.05, 3.63) is 78.9 Å². The van der Waals surface area contributed by atoms with E-state index in [1.807, 2.05) is 60.7 Å². The van der Waals surface area contributed by atoms with E-state index in [0.29, 0.717) is 5.56 Å². The van der Waals surface area contributed by atoms with Gasteiger partial charge < -0.3 is 0 Å². The molecule has 0 fully saturated rings. The lowest BCUT2D eigenvalue weighted by Crippen LogP contribution is -2.01. The molecule has 110 valence electrons. The van der Waals surface area contributed by atoms with Gasteiger partial charge in [-0.05, 0) is 28.8 Å². The second-order valence-electron chi connectivity index (χ2n) is 4.92. The molecule has 1 N–H and O–H groups in total. The molecular formula is C18H14O3S. The van der Waals surface area contributed by atoms with Crippen molar-refractivity contribution in [1.82, 2.24) is 0 Å². The highest BCUT2D eigenvalue weighted by molar-refractivity contribution is 7.86. The molecule has 0 saturated carbocycles. The molecule has 22 heavy (non-hydrogen) atoms. The summed E-state index contributed by atoms with van der Waals surface area (Å²) in [7, 11) is -4.28. The lowest BCUT2D eigenvalue weighted by molar-refractivity contribution is 0.483. The van der Waals surface area contributed by atoms with Crippen LogP contribution in [0.1, 0.15) is 0 Å². The highest BCUT2D eigenvalue weighted by atomic mass is 32.2. The van der Waals surface area contributed by atoms with Crippen molar-refractivity contribution in [3.63, 3.8) is 0 Å². The molecule has 0 atom stereocenters. The largest absolute Gasteiger partial charge is 0.295 e. The summed E-state index contributed by atoms with van der Waals surface area (Å²) in [4.78, 5) is -0.0848. The minimum absolute atomic E-state index is 0.0848. The zero-order valence-corrected chi connectivity index (χ0v) is 12.5. The Labute approximate surface area is 129 Å². The molecule has 3 rings (SSSR count). The van der Waals surface area contributed by atoms with Crippen LogP contribution in [0.4, 0.5) is 0 Å². The van der Waals surface area contributed by atoms with Crippen LogP contribution < -0.4 is 0 Å². The smallest absolute Gasteiger partial charge is 0.282 e. The average Bonchev–Trinajstić information content (AvgIpc) is 2.55. The van der Waals surface area contributed by atoms with E-state index in [1.165, 1.54) is 6.07 Å². The van der Waals surface area contributed by atoms with Gasteiger partial charge in [0.15, 0.2) is 0 Å². The Balaban J connectivity index is 2.24. The SMILES string of the molecule is O=S(=O)(O)c1ccc(-c2ccccc2)cc1-c1ccccc1. The molecule has 0 amide bonds. The summed E-state index contributed by atoms with van der Waals surface area (Å²) >= 11 is 0. The van der Waals surface area contributed by atoms with Crippen molar-refractivity contribution in [3.8, 4) is 22.3 Å². The fraction of sp³-hybridized carbons (Fsp3) is 0. The monoisotopic (exact) mass is 310 g/mol. The average molecular weight is 310 g/mol. The van der Waals surface area contributed by atoms with Gasteiger partial charge in [0.1, 0.15) is 4.90 Å². The highest BCUT2D eigenvalue weighted by Gasteiger charge is 2.17. The van der Waals surface area contributed by atoms with Gasteiger partial charge in [-0.25, -0.2) is 0 Å². The first-order chi connectivity index (χ1) is 10.6. The van der Waals surface area contributed by atoms with E-state index in [-0.39, 0.29) is 4.90 Å². The third kappa shape index (κ3) is 2.93. The number of benzene rings is 3. The van der Waals surface area contributed by atoms with E-state index in [1.54, 1.807) is 12.1 Å². The van der Waals surface area contributed by atoms with Crippen molar-refractivity contribution >= 4 is 10.1 Å². The molecule has 3 nitrogen and oxygen atoms in total. The Morgan fingerprint density at radius 1 is 0.636 bits per heavy atom. The first-order valence-electron chi connectivity index (χ1n) is 6.78. The lowest BCUT2D eigenvalue weighted by Gasteiger charge is -2.10. The first kappa shape index (κ1) is 14.5. The Hall–Kier alpha value is -2.43. The number of hydrogen-bond donors (Lipinski definition) is 1. The second kappa shape index (κ2) is 5.75. The van der Waals surface area contributed by atoms with Gasteiger partial charge in [0.2, 0.25) is 0 Å². The van der Waals surface area contributed by atoms with Crippen LogP contribution in [0.3, 0.4) is 0 Å². The fourth-order valence-electron chi connectivity index (χ4n) is 2.41. The van der Waals surface area contributed by atoms with Crippen molar-refractivity contribution in [2.45, 2.75) is 4.90 Å². The molecule has 0 bridgehead atoms. The van der Waals surface area contributed by atoms with Crippen molar-refractivity contribution < 1.29 is 13.0 Å². The van der Waals surface area contributed by atoms with Crippen LogP contribution >= 0.6 is 0 Å². The molecule has 0 aliphatic carbocycles. The van der Waals surface area contributed by atoms with Crippen molar-refractivity contribution in [2.24, 2.45) is 0 Å². The zero-order valence-electron chi connectivity index (χ0n) is 11.7. The fourth-order valence-corrected chi connectivity index (χ4v) is 3.10. The minimum Gasteiger partial charge on any atom is -0.282 e. The second-order valence-corrected chi connectivity index (χ2v) is 6.31. The molecule has 0 heterocycles. The maximum Gasteiger partial charge on any atom is 0.295 e. The van der Waals surface area contributed by atoms with Gasteiger partial charge in [-0.1, -0.05) is 66.7 Å². The van der Waals surface area contributed by atoms with Gasteiger partial charge in [-0.3, -0.25) is 4.55 Å². The molecule has 0 radical (unpaired) electrons. The highest BCUT2D eigenvalue weighted by Crippen LogP contribution is 2.32. The molecule has 0 aliphatic rings. The summed E-state index contributed by atoms with van der Waals surface area (Å²) in [6.45, 7) is 0. The lowest BCUT2D eigenvalue weighted by atomic mass is 9.99. The molecule has 0 saturated heterocycles. The molecule has 4 heteroatoms. The predicted molar refractivity (Wildman–Crippen MR) is 87.1 cm³/mol. The van der Waals surface area contributed by atoms with Crippen LogP contribution in [0, 0.1) is 0 Å². The number of rotatable bonds is 3. The van der Waals surface area contributed by atoms with Crippen molar-refractivity contribution in [2.75, 3.05) is 0 Å². The van der Waals surface area contributed by atoms with Gasteiger partial charge >= 0.3 is 0 Å². The van der Waals surface area contributed by atoms with Crippen LogP contribution in [-0.4, -0.2) is 13.0 Å². The standard InChI is InChI=1S/C18H14O3S/c19-22(20,21)18-12-11-16(14-7-3-1-4-8-14)13-17(18)15-9-5-2-6-10-15/h1-13H,(H,19,20,21). The topological polar surface area (TPSA) is 54.4 Å². The van der Waals surface area contributed by atoms with Crippen LogP contribution in [0.15, 0.2) is 83.8 Å². The van der Waals surface area contributed by atoms with E-state index in [0.717, 1.165) is 16.7 Å². The van der Waals surface area contributed by atoms with Crippen LogP contribution in [0.25, 0.3) is 22.3 Å². The summed E-state index contributed by atoms with van der Waals surface area (Å²) in [5.74, 6) is 0. The van der Waals surface area contributed by atoms with Crippen LogP contribution in [0.2, 0.25) is 0 Å². The maximum absolute atomic E-state index is 11.6. The quantitative estimate of drug-likeness (QED) is 0.735. The van der Waals surface area contributed by atoms with Crippen LogP contribution in [0.5, 0.6) is 0 Å².